The number of aryl methyl sites for hydroxylation is 1. The van der Waals surface area contributed by atoms with Gasteiger partial charge in [0.2, 0.25) is 9.84 Å². The smallest absolute Gasteiger partial charge is 0.245 e. The van der Waals surface area contributed by atoms with Gasteiger partial charge < -0.3 is 9.47 Å². The summed E-state index contributed by atoms with van der Waals surface area (Å²) < 4.78 is 36.3. The summed E-state index contributed by atoms with van der Waals surface area (Å²) in [5, 5.41) is 2.48. The van der Waals surface area contributed by atoms with E-state index in [9.17, 15) is 8.42 Å². The molecule has 0 N–H and O–H groups in total. The van der Waals surface area contributed by atoms with E-state index in [1.54, 1.807) is 31.4 Å². The van der Waals surface area contributed by atoms with Gasteiger partial charge in [0.25, 0.3) is 0 Å². The molecule has 0 fully saturated rings. The zero-order valence-corrected chi connectivity index (χ0v) is 20.4. The van der Waals surface area contributed by atoms with Crippen LogP contribution in [0.5, 0.6) is 5.75 Å². The fraction of sp³-hybridized carbons (Fsp3) is 0.481. The number of unbranched alkanes of at least 4 members (excludes halogenated alkanes) is 5. The lowest BCUT2D eigenvalue weighted by Crippen LogP contribution is -2.12. The summed E-state index contributed by atoms with van der Waals surface area (Å²) in [7, 11) is -1.97. The quantitative estimate of drug-likeness (QED) is 0.197. The maximum Gasteiger partial charge on any atom is 0.245 e. The highest BCUT2D eigenvalue weighted by Crippen LogP contribution is 2.17. The third kappa shape index (κ3) is 9.46. The molecule has 0 radical (unpaired) electrons. The molecule has 0 aromatic heterocycles. The van der Waals surface area contributed by atoms with Crippen molar-refractivity contribution in [2.75, 3.05) is 7.11 Å². The minimum Gasteiger partial charge on any atom is -0.497 e. The van der Waals surface area contributed by atoms with Gasteiger partial charge in [-0.3, -0.25) is 0 Å². The van der Waals surface area contributed by atoms with Crippen molar-refractivity contribution in [3.8, 4) is 16.9 Å². The van der Waals surface area contributed by atoms with E-state index >= 15 is 0 Å². The molecule has 4 nitrogen and oxygen atoms in total. The SMILES string of the molecule is CCCCCCCCC(CC#CS(=O)(=O)c1ccc(C)cc1)OCc1ccc(OC)cc1. The summed E-state index contributed by atoms with van der Waals surface area (Å²) >= 11 is 0. The van der Waals surface area contributed by atoms with Gasteiger partial charge in [-0.25, -0.2) is 8.42 Å². The van der Waals surface area contributed by atoms with E-state index in [4.69, 9.17) is 9.47 Å². The van der Waals surface area contributed by atoms with Crippen molar-refractivity contribution in [2.24, 2.45) is 0 Å². The van der Waals surface area contributed by atoms with Gasteiger partial charge in [-0.05, 0) is 43.2 Å². The van der Waals surface area contributed by atoms with E-state index in [1.807, 2.05) is 31.2 Å². The first-order chi connectivity index (χ1) is 15.4. The first-order valence-corrected chi connectivity index (χ1v) is 13.0. The summed E-state index contributed by atoms with van der Waals surface area (Å²) in [6.07, 6.45) is 8.41. The predicted octanol–water partition coefficient (Wildman–Crippen LogP) is 6.46. The van der Waals surface area contributed by atoms with Crippen LogP contribution in [0.4, 0.5) is 0 Å². The first-order valence-electron chi connectivity index (χ1n) is 11.5. The van der Waals surface area contributed by atoms with Gasteiger partial charge in [0.05, 0.1) is 24.7 Å². The molecule has 1 unspecified atom stereocenters. The largest absolute Gasteiger partial charge is 0.497 e. The molecule has 0 saturated heterocycles. The van der Waals surface area contributed by atoms with Crippen molar-refractivity contribution < 1.29 is 17.9 Å². The summed E-state index contributed by atoms with van der Waals surface area (Å²) in [4.78, 5) is 0.238. The van der Waals surface area contributed by atoms with E-state index in [2.05, 4.69) is 18.1 Å². The number of hydrogen-bond acceptors (Lipinski definition) is 4. The van der Waals surface area contributed by atoms with Crippen LogP contribution in [-0.2, 0) is 21.2 Å². The van der Waals surface area contributed by atoms with Crippen molar-refractivity contribution in [3.05, 3.63) is 59.7 Å². The highest BCUT2D eigenvalue weighted by molar-refractivity contribution is 7.96. The lowest BCUT2D eigenvalue weighted by atomic mass is 10.1. The zero-order chi connectivity index (χ0) is 23.2. The van der Waals surface area contributed by atoms with Crippen molar-refractivity contribution >= 4 is 9.84 Å². The third-order valence-electron chi connectivity index (χ3n) is 5.39. The molecule has 0 aliphatic carbocycles. The molecule has 5 heteroatoms. The van der Waals surface area contributed by atoms with E-state index in [0.717, 1.165) is 36.1 Å². The summed E-state index contributed by atoms with van der Waals surface area (Å²) in [5.41, 5.74) is 2.07. The Labute approximate surface area is 194 Å². The number of methoxy groups -OCH3 is 1. The second-order valence-corrected chi connectivity index (χ2v) is 9.82. The molecular formula is C27H36O4S. The highest BCUT2D eigenvalue weighted by atomic mass is 32.2. The van der Waals surface area contributed by atoms with Gasteiger partial charge in [0, 0.05) is 11.7 Å². The Morgan fingerprint density at radius 3 is 2.22 bits per heavy atom. The Kier molecular flexibility index (Phi) is 11.3. The molecule has 0 amide bonds. The number of benzene rings is 2. The summed E-state index contributed by atoms with van der Waals surface area (Å²) in [6, 6.07) is 14.6. The number of ether oxygens (including phenoxy) is 2. The zero-order valence-electron chi connectivity index (χ0n) is 19.6. The van der Waals surface area contributed by atoms with Crippen LogP contribution in [0.1, 0.15) is 69.4 Å². The van der Waals surface area contributed by atoms with E-state index in [-0.39, 0.29) is 11.0 Å². The molecule has 0 spiro atoms. The van der Waals surface area contributed by atoms with Crippen LogP contribution >= 0.6 is 0 Å². The van der Waals surface area contributed by atoms with Gasteiger partial charge in [0.1, 0.15) is 5.75 Å². The van der Waals surface area contributed by atoms with Crippen molar-refractivity contribution in [1.82, 2.24) is 0 Å². The molecular weight excluding hydrogens is 420 g/mol. The van der Waals surface area contributed by atoms with E-state index in [1.165, 1.54) is 25.7 Å². The van der Waals surface area contributed by atoms with Crippen LogP contribution in [0.2, 0.25) is 0 Å². The molecule has 0 aliphatic rings. The summed E-state index contributed by atoms with van der Waals surface area (Å²) in [6.45, 7) is 4.61. The Balaban J connectivity index is 1.96. The summed E-state index contributed by atoms with van der Waals surface area (Å²) in [5.74, 6) is 3.68. The molecule has 1 atom stereocenters. The molecule has 0 bridgehead atoms. The minimum absolute atomic E-state index is 0.0935. The first kappa shape index (κ1) is 26.0. The number of sulfone groups is 1. The van der Waals surface area contributed by atoms with Crippen LogP contribution < -0.4 is 4.74 Å². The minimum atomic E-state index is -3.61. The van der Waals surface area contributed by atoms with Crippen LogP contribution in [0.15, 0.2) is 53.4 Å². The lowest BCUT2D eigenvalue weighted by Gasteiger charge is -2.16. The van der Waals surface area contributed by atoms with Gasteiger partial charge in [-0.2, -0.15) is 0 Å². The second-order valence-electron chi connectivity index (χ2n) is 8.14. The molecule has 2 aromatic carbocycles. The normalized spacial score (nSPS) is 12.1. The van der Waals surface area contributed by atoms with Crippen LogP contribution in [0.3, 0.4) is 0 Å². The molecule has 2 aromatic rings. The fourth-order valence-corrected chi connectivity index (χ4v) is 4.24. The fourth-order valence-electron chi connectivity index (χ4n) is 3.36. The Morgan fingerprint density at radius 2 is 1.56 bits per heavy atom. The predicted molar refractivity (Wildman–Crippen MR) is 130 cm³/mol. The monoisotopic (exact) mass is 456 g/mol. The Morgan fingerprint density at radius 1 is 0.906 bits per heavy atom. The van der Waals surface area contributed by atoms with E-state index in [0.29, 0.717) is 13.0 Å². The Bertz CT molecular complexity index is 951. The maximum absolute atomic E-state index is 12.5. The standard InChI is InChI=1S/C27H36O4S/c1-4-5-6-7-8-9-11-26(31-22-24-15-17-25(30-3)18-16-24)12-10-21-32(28,29)27-19-13-23(2)14-20-27/h13-20,26H,4-9,11-12,22H2,1-3H3. The van der Waals surface area contributed by atoms with Crippen LogP contribution in [0.25, 0.3) is 0 Å². The van der Waals surface area contributed by atoms with Gasteiger partial charge >= 0.3 is 0 Å². The van der Waals surface area contributed by atoms with Gasteiger partial charge in [-0.15, -0.1) is 0 Å². The Hall–Kier alpha value is -2.29. The molecule has 0 heterocycles. The highest BCUT2D eigenvalue weighted by Gasteiger charge is 2.12. The van der Waals surface area contributed by atoms with Crippen molar-refractivity contribution in [3.63, 3.8) is 0 Å². The van der Waals surface area contributed by atoms with Crippen molar-refractivity contribution in [1.29, 1.82) is 0 Å². The average Bonchev–Trinajstić information content (AvgIpc) is 2.79. The van der Waals surface area contributed by atoms with Crippen molar-refractivity contribution in [2.45, 2.75) is 82.8 Å². The van der Waals surface area contributed by atoms with Crippen LogP contribution in [-0.4, -0.2) is 21.6 Å². The number of rotatable bonds is 13. The average molecular weight is 457 g/mol. The maximum atomic E-state index is 12.5. The third-order valence-corrected chi connectivity index (χ3v) is 6.70. The number of hydrogen-bond donors (Lipinski definition) is 0. The molecule has 0 aliphatic heterocycles. The molecule has 0 saturated carbocycles. The van der Waals surface area contributed by atoms with E-state index < -0.39 is 9.84 Å². The van der Waals surface area contributed by atoms with Gasteiger partial charge in [-0.1, -0.05) is 81.2 Å². The van der Waals surface area contributed by atoms with Crippen LogP contribution in [0, 0.1) is 18.1 Å². The second kappa shape index (κ2) is 14.0. The molecule has 32 heavy (non-hydrogen) atoms. The van der Waals surface area contributed by atoms with Gasteiger partial charge in [0.15, 0.2) is 0 Å². The topological polar surface area (TPSA) is 52.6 Å². The molecule has 174 valence electrons. The molecule has 2 rings (SSSR count). The lowest BCUT2D eigenvalue weighted by molar-refractivity contribution is 0.0367.